The van der Waals surface area contributed by atoms with E-state index in [-0.39, 0.29) is 0 Å². The molecule has 0 aromatic rings. The second kappa shape index (κ2) is 1.45. The summed E-state index contributed by atoms with van der Waals surface area (Å²) in [6.45, 7) is 2.92. The molecule has 54 valence electrons. The average molecular weight is 136 g/mol. The number of methoxy groups -OCH3 is 1. The van der Waals surface area contributed by atoms with Crippen LogP contribution in [0.5, 0.6) is 0 Å². The Bertz CT molecular complexity index is 135. The molecule has 0 unspecified atom stereocenters. The number of rotatable bonds is 1. The van der Waals surface area contributed by atoms with Gasteiger partial charge in [0.05, 0.1) is 5.92 Å². The van der Waals surface area contributed by atoms with Crippen LogP contribution < -0.4 is 0 Å². The van der Waals surface area contributed by atoms with Gasteiger partial charge in [-0.3, -0.25) is 0 Å². The molecular formula is C6H10F2O. The van der Waals surface area contributed by atoms with E-state index in [0.29, 0.717) is 0 Å². The Hall–Kier alpha value is -0.180. The Balaban J connectivity index is 2.70. The Labute approximate surface area is 53.0 Å². The van der Waals surface area contributed by atoms with E-state index in [9.17, 15) is 8.78 Å². The molecule has 0 saturated heterocycles. The van der Waals surface area contributed by atoms with Gasteiger partial charge in [0.25, 0.3) is 5.92 Å². The topological polar surface area (TPSA) is 9.23 Å². The zero-order chi connectivity index (χ0) is 7.28. The van der Waals surface area contributed by atoms with Gasteiger partial charge in [0, 0.05) is 7.11 Å². The van der Waals surface area contributed by atoms with Crippen molar-refractivity contribution >= 4 is 0 Å². The van der Waals surface area contributed by atoms with Crippen LogP contribution in [0.2, 0.25) is 0 Å². The monoisotopic (exact) mass is 136 g/mol. The van der Waals surface area contributed by atoms with Crippen molar-refractivity contribution in [3.8, 4) is 0 Å². The summed E-state index contributed by atoms with van der Waals surface area (Å²) in [5, 5.41) is 0. The third kappa shape index (κ3) is 0.556. The van der Waals surface area contributed by atoms with Crippen LogP contribution in [0.25, 0.3) is 0 Å². The van der Waals surface area contributed by atoms with E-state index in [4.69, 9.17) is 0 Å². The summed E-state index contributed by atoms with van der Waals surface area (Å²) in [5.74, 6) is -3.24. The van der Waals surface area contributed by atoms with Gasteiger partial charge in [-0.1, -0.05) is 6.92 Å². The molecule has 1 fully saturated rings. The van der Waals surface area contributed by atoms with E-state index in [1.807, 2.05) is 0 Å². The molecule has 0 bridgehead atoms. The van der Waals surface area contributed by atoms with Gasteiger partial charge in [0.15, 0.2) is 0 Å². The molecular weight excluding hydrogens is 126 g/mol. The van der Waals surface area contributed by atoms with Crippen molar-refractivity contribution in [2.45, 2.75) is 25.4 Å². The van der Waals surface area contributed by atoms with Crippen LogP contribution >= 0.6 is 0 Å². The summed E-state index contributed by atoms with van der Waals surface area (Å²) in [5.41, 5.74) is -1.19. The van der Waals surface area contributed by atoms with Gasteiger partial charge in [-0.25, -0.2) is 8.78 Å². The molecule has 0 amide bonds. The van der Waals surface area contributed by atoms with Crippen LogP contribution in [0.3, 0.4) is 0 Å². The van der Waals surface area contributed by atoms with Gasteiger partial charge in [0.2, 0.25) is 0 Å². The zero-order valence-electron chi connectivity index (χ0n) is 5.74. The maximum absolute atomic E-state index is 12.4. The molecule has 0 aromatic carbocycles. The maximum Gasteiger partial charge on any atom is 0.282 e. The summed E-state index contributed by atoms with van der Waals surface area (Å²) >= 11 is 0. The number of halogens is 2. The average Bonchev–Trinajstić information content (AvgIpc) is 2.16. The predicted octanol–water partition coefficient (Wildman–Crippen LogP) is 1.68. The van der Waals surface area contributed by atoms with Gasteiger partial charge >= 0.3 is 0 Å². The van der Waals surface area contributed by atoms with Crippen molar-refractivity contribution in [1.82, 2.24) is 0 Å². The summed E-state index contributed by atoms with van der Waals surface area (Å²) < 4.78 is 29.5. The van der Waals surface area contributed by atoms with Crippen LogP contribution in [0.1, 0.15) is 13.8 Å². The van der Waals surface area contributed by atoms with Gasteiger partial charge in [-0.05, 0) is 6.92 Å². The molecule has 1 aliphatic rings. The van der Waals surface area contributed by atoms with Crippen molar-refractivity contribution in [3.63, 3.8) is 0 Å². The lowest BCUT2D eigenvalue weighted by Gasteiger charge is -2.05. The highest BCUT2D eigenvalue weighted by Crippen LogP contribution is 2.60. The van der Waals surface area contributed by atoms with Crippen LogP contribution in [-0.4, -0.2) is 18.6 Å². The molecule has 0 spiro atoms. The number of hydrogen-bond acceptors (Lipinski definition) is 1. The fraction of sp³-hybridized carbons (Fsp3) is 1.00. The van der Waals surface area contributed by atoms with Crippen LogP contribution in [0.15, 0.2) is 0 Å². The quantitative estimate of drug-likeness (QED) is 0.532. The third-order valence-corrected chi connectivity index (χ3v) is 2.37. The Morgan fingerprint density at radius 2 is 1.78 bits per heavy atom. The van der Waals surface area contributed by atoms with E-state index in [1.54, 1.807) is 0 Å². The fourth-order valence-electron chi connectivity index (χ4n) is 1.02. The number of alkyl halides is 2. The van der Waals surface area contributed by atoms with Crippen molar-refractivity contribution < 1.29 is 13.5 Å². The first kappa shape index (κ1) is 6.93. The number of hydrogen-bond donors (Lipinski definition) is 0. The normalized spacial score (nSPS) is 47.0. The lowest BCUT2D eigenvalue weighted by atomic mass is 10.3. The third-order valence-electron chi connectivity index (χ3n) is 2.37. The van der Waals surface area contributed by atoms with Crippen molar-refractivity contribution in [3.05, 3.63) is 0 Å². The summed E-state index contributed by atoms with van der Waals surface area (Å²) in [6.07, 6.45) is 0. The smallest absolute Gasteiger partial charge is 0.282 e. The van der Waals surface area contributed by atoms with Gasteiger partial charge in [-0.2, -0.15) is 0 Å². The highest BCUT2D eigenvalue weighted by molar-refractivity contribution is 5.16. The standard InChI is InChI=1S/C6H10F2O/c1-4-5(2,9-3)6(4,7)8/h4H,1-3H3/t4-,5-/m0/s1. The van der Waals surface area contributed by atoms with Crippen molar-refractivity contribution in [1.29, 1.82) is 0 Å². The fourth-order valence-corrected chi connectivity index (χ4v) is 1.02. The zero-order valence-corrected chi connectivity index (χ0v) is 5.74. The lowest BCUT2D eigenvalue weighted by molar-refractivity contribution is -0.0211. The Morgan fingerprint density at radius 3 is 1.78 bits per heavy atom. The predicted molar refractivity (Wildman–Crippen MR) is 29.5 cm³/mol. The highest BCUT2D eigenvalue weighted by atomic mass is 19.3. The van der Waals surface area contributed by atoms with Crippen LogP contribution in [0, 0.1) is 5.92 Å². The summed E-state index contributed by atoms with van der Waals surface area (Å²) in [7, 11) is 1.32. The second-order valence-corrected chi connectivity index (χ2v) is 2.66. The van der Waals surface area contributed by atoms with Crippen molar-refractivity contribution in [2.24, 2.45) is 5.92 Å². The molecule has 3 heteroatoms. The van der Waals surface area contributed by atoms with E-state index in [1.165, 1.54) is 21.0 Å². The lowest BCUT2D eigenvalue weighted by Crippen LogP contribution is -2.15. The van der Waals surface area contributed by atoms with Crippen LogP contribution in [-0.2, 0) is 4.74 Å². The molecule has 0 aromatic heterocycles. The van der Waals surface area contributed by atoms with Gasteiger partial charge in [-0.15, -0.1) is 0 Å². The molecule has 0 aliphatic heterocycles. The second-order valence-electron chi connectivity index (χ2n) is 2.66. The highest BCUT2D eigenvalue weighted by Gasteiger charge is 2.76. The molecule has 1 nitrogen and oxygen atoms in total. The van der Waals surface area contributed by atoms with E-state index in [2.05, 4.69) is 4.74 Å². The van der Waals surface area contributed by atoms with E-state index < -0.39 is 17.4 Å². The first-order valence-electron chi connectivity index (χ1n) is 2.90. The molecule has 1 aliphatic carbocycles. The van der Waals surface area contributed by atoms with Crippen molar-refractivity contribution in [2.75, 3.05) is 7.11 Å². The molecule has 0 N–H and O–H groups in total. The minimum atomic E-state index is -2.61. The molecule has 2 atom stereocenters. The molecule has 0 heterocycles. The van der Waals surface area contributed by atoms with Gasteiger partial charge in [0.1, 0.15) is 5.60 Å². The van der Waals surface area contributed by atoms with E-state index >= 15 is 0 Å². The molecule has 1 saturated carbocycles. The molecule has 0 radical (unpaired) electrons. The Morgan fingerprint density at radius 1 is 1.44 bits per heavy atom. The summed E-state index contributed by atoms with van der Waals surface area (Å²) in [4.78, 5) is 0. The largest absolute Gasteiger partial charge is 0.372 e. The van der Waals surface area contributed by atoms with E-state index in [0.717, 1.165) is 0 Å². The SMILES string of the molecule is CO[C@@]1(C)[C@H](C)C1(F)F. The first-order chi connectivity index (χ1) is 3.97. The Kier molecular flexibility index (Phi) is 1.12. The number of ether oxygens (including phenoxy) is 1. The first-order valence-corrected chi connectivity index (χ1v) is 2.90. The van der Waals surface area contributed by atoms with Gasteiger partial charge < -0.3 is 4.74 Å². The minimum Gasteiger partial charge on any atom is -0.372 e. The molecule has 9 heavy (non-hydrogen) atoms. The maximum atomic E-state index is 12.4. The van der Waals surface area contributed by atoms with Crippen LogP contribution in [0.4, 0.5) is 8.78 Å². The molecule has 1 rings (SSSR count). The minimum absolute atomic E-state index is 0.630. The summed E-state index contributed by atoms with van der Waals surface area (Å²) in [6, 6.07) is 0.